The predicted octanol–water partition coefficient (Wildman–Crippen LogP) is 2.95. The van der Waals surface area contributed by atoms with Gasteiger partial charge in [-0.05, 0) is 50.2 Å². The van der Waals surface area contributed by atoms with Crippen LogP contribution in [0, 0.1) is 0 Å². The van der Waals surface area contributed by atoms with Gasteiger partial charge in [0.25, 0.3) is 5.91 Å². The standard InChI is InChI=1S/C18H20N2O4/c1-12(2)24-17-14(5-4-6-16(17)23-3)11-19-20-18(22)13-7-9-15(21)10-8-13/h4-12,21H,1-3H3,(H,20,22)/b19-11-. The maximum Gasteiger partial charge on any atom is 0.271 e. The van der Waals surface area contributed by atoms with Crippen molar-refractivity contribution in [1.82, 2.24) is 5.43 Å². The summed E-state index contributed by atoms with van der Waals surface area (Å²) < 4.78 is 11.1. The van der Waals surface area contributed by atoms with E-state index in [4.69, 9.17) is 9.47 Å². The molecule has 0 fully saturated rings. The van der Waals surface area contributed by atoms with E-state index in [1.807, 2.05) is 26.0 Å². The van der Waals surface area contributed by atoms with Gasteiger partial charge in [-0.1, -0.05) is 6.07 Å². The zero-order valence-corrected chi connectivity index (χ0v) is 13.8. The topological polar surface area (TPSA) is 80.2 Å². The molecule has 0 spiro atoms. The van der Waals surface area contributed by atoms with Crippen molar-refractivity contribution in [3.05, 3.63) is 53.6 Å². The van der Waals surface area contributed by atoms with Crippen LogP contribution in [-0.4, -0.2) is 30.4 Å². The van der Waals surface area contributed by atoms with Crippen LogP contribution >= 0.6 is 0 Å². The predicted molar refractivity (Wildman–Crippen MR) is 91.9 cm³/mol. The first kappa shape index (κ1) is 17.3. The van der Waals surface area contributed by atoms with Crippen LogP contribution < -0.4 is 14.9 Å². The molecule has 6 nitrogen and oxygen atoms in total. The highest BCUT2D eigenvalue weighted by Gasteiger charge is 2.11. The number of aromatic hydroxyl groups is 1. The number of phenolic OH excluding ortho intramolecular Hbond substituents is 1. The van der Waals surface area contributed by atoms with E-state index in [-0.39, 0.29) is 17.8 Å². The van der Waals surface area contributed by atoms with Crippen LogP contribution in [0.4, 0.5) is 0 Å². The van der Waals surface area contributed by atoms with Gasteiger partial charge in [0, 0.05) is 11.1 Å². The normalized spacial score (nSPS) is 10.8. The lowest BCUT2D eigenvalue weighted by Gasteiger charge is -2.15. The minimum absolute atomic E-state index is 0.0277. The van der Waals surface area contributed by atoms with Gasteiger partial charge in [0.05, 0.1) is 19.4 Å². The van der Waals surface area contributed by atoms with E-state index < -0.39 is 0 Å². The van der Waals surface area contributed by atoms with Crippen molar-refractivity contribution in [3.63, 3.8) is 0 Å². The number of carbonyl (C=O) groups excluding carboxylic acids is 1. The summed E-state index contributed by atoms with van der Waals surface area (Å²) in [5, 5.41) is 13.2. The van der Waals surface area contributed by atoms with E-state index in [2.05, 4.69) is 10.5 Å². The lowest BCUT2D eigenvalue weighted by Crippen LogP contribution is -2.17. The molecule has 0 aliphatic heterocycles. The molecule has 2 aromatic rings. The first-order valence-electron chi connectivity index (χ1n) is 7.47. The van der Waals surface area contributed by atoms with Crippen LogP contribution in [-0.2, 0) is 0 Å². The van der Waals surface area contributed by atoms with Crippen molar-refractivity contribution in [2.75, 3.05) is 7.11 Å². The van der Waals surface area contributed by atoms with Gasteiger partial charge in [0.15, 0.2) is 11.5 Å². The van der Waals surface area contributed by atoms with Crippen molar-refractivity contribution in [1.29, 1.82) is 0 Å². The highest BCUT2D eigenvalue weighted by molar-refractivity contribution is 5.95. The molecule has 1 amide bonds. The van der Waals surface area contributed by atoms with Gasteiger partial charge in [-0.2, -0.15) is 5.10 Å². The van der Waals surface area contributed by atoms with Crippen LogP contribution in [0.2, 0.25) is 0 Å². The number of nitrogens with one attached hydrogen (secondary N) is 1. The Bertz CT molecular complexity index is 724. The summed E-state index contributed by atoms with van der Waals surface area (Å²) in [6.07, 6.45) is 1.47. The molecule has 0 radical (unpaired) electrons. The molecule has 6 heteroatoms. The first-order valence-corrected chi connectivity index (χ1v) is 7.47. The van der Waals surface area contributed by atoms with Gasteiger partial charge in [0.1, 0.15) is 5.75 Å². The van der Waals surface area contributed by atoms with Gasteiger partial charge < -0.3 is 14.6 Å². The number of hydrogen-bond donors (Lipinski definition) is 2. The quantitative estimate of drug-likeness (QED) is 0.631. The second-order valence-electron chi connectivity index (χ2n) is 5.29. The molecular weight excluding hydrogens is 308 g/mol. The number of para-hydroxylation sites is 1. The summed E-state index contributed by atoms with van der Waals surface area (Å²) in [5.74, 6) is 0.887. The molecule has 0 aliphatic rings. The Morgan fingerprint density at radius 3 is 2.54 bits per heavy atom. The van der Waals surface area contributed by atoms with Crippen molar-refractivity contribution in [2.24, 2.45) is 5.10 Å². The van der Waals surface area contributed by atoms with Gasteiger partial charge in [0.2, 0.25) is 0 Å². The fraction of sp³-hybridized carbons (Fsp3) is 0.222. The molecule has 24 heavy (non-hydrogen) atoms. The molecule has 0 aliphatic carbocycles. The Morgan fingerprint density at radius 2 is 1.92 bits per heavy atom. The highest BCUT2D eigenvalue weighted by Crippen LogP contribution is 2.30. The van der Waals surface area contributed by atoms with E-state index in [9.17, 15) is 9.90 Å². The van der Waals surface area contributed by atoms with Crippen LogP contribution in [0.15, 0.2) is 47.6 Å². The molecule has 2 aromatic carbocycles. The molecule has 126 valence electrons. The van der Waals surface area contributed by atoms with Gasteiger partial charge in [-0.15, -0.1) is 0 Å². The van der Waals surface area contributed by atoms with Gasteiger partial charge in [-0.3, -0.25) is 4.79 Å². The second-order valence-corrected chi connectivity index (χ2v) is 5.29. The molecule has 2 N–H and O–H groups in total. The van der Waals surface area contributed by atoms with Crippen LogP contribution in [0.3, 0.4) is 0 Å². The largest absolute Gasteiger partial charge is 0.508 e. The molecule has 0 unspecified atom stereocenters. The Labute approximate surface area is 140 Å². The third-order valence-corrected chi connectivity index (χ3v) is 3.08. The SMILES string of the molecule is COc1cccc(/C=N\NC(=O)c2ccc(O)cc2)c1OC(C)C. The van der Waals surface area contributed by atoms with E-state index in [0.717, 1.165) is 0 Å². The highest BCUT2D eigenvalue weighted by atomic mass is 16.5. The molecule has 0 aromatic heterocycles. The van der Waals surface area contributed by atoms with Crippen molar-refractivity contribution >= 4 is 12.1 Å². The molecule has 2 rings (SSSR count). The number of methoxy groups -OCH3 is 1. The molecule has 0 heterocycles. The molecule has 0 saturated heterocycles. The number of phenols is 1. The number of hydrazone groups is 1. The maximum absolute atomic E-state index is 12.0. The lowest BCUT2D eigenvalue weighted by molar-refractivity contribution is 0.0955. The summed E-state index contributed by atoms with van der Waals surface area (Å²) in [4.78, 5) is 12.0. The number of rotatable bonds is 6. The van der Waals surface area contributed by atoms with Gasteiger partial charge in [-0.25, -0.2) is 5.43 Å². The van der Waals surface area contributed by atoms with E-state index in [1.54, 1.807) is 13.2 Å². The van der Waals surface area contributed by atoms with Crippen molar-refractivity contribution in [2.45, 2.75) is 20.0 Å². The smallest absolute Gasteiger partial charge is 0.271 e. The van der Waals surface area contributed by atoms with Crippen LogP contribution in [0.5, 0.6) is 17.2 Å². The number of benzene rings is 2. The van der Waals surface area contributed by atoms with Crippen LogP contribution in [0.25, 0.3) is 0 Å². The van der Waals surface area contributed by atoms with Crippen LogP contribution in [0.1, 0.15) is 29.8 Å². The third kappa shape index (κ3) is 4.49. The minimum Gasteiger partial charge on any atom is -0.508 e. The minimum atomic E-state index is -0.375. The summed E-state index contributed by atoms with van der Waals surface area (Å²) in [6.45, 7) is 3.83. The monoisotopic (exact) mass is 328 g/mol. The van der Waals surface area contributed by atoms with E-state index in [1.165, 1.54) is 30.5 Å². The fourth-order valence-electron chi connectivity index (χ4n) is 1.99. The van der Waals surface area contributed by atoms with Crippen molar-refractivity contribution in [3.8, 4) is 17.2 Å². The average molecular weight is 328 g/mol. The number of carbonyl (C=O) groups is 1. The average Bonchev–Trinajstić information content (AvgIpc) is 2.56. The first-order chi connectivity index (χ1) is 11.5. The van der Waals surface area contributed by atoms with Crippen molar-refractivity contribution < 1.29 is 19.4 Å². The molecule has 0 saturated carbocycles. The Balaban J connectivity index is 2.13. The molecular formula is C18H20N2O4. The Morgan fingerprint density at radius 1 is 1.21 bits per heavy atom. The summed E-state index contributed by atoms with van der Waals surface area (Å²) >= 11 is 0. The Hall–Kier alpha value is -3.02. The van der Waals surface area contributed by atoms with Gasteiger partial charge >= 0.3 is 0 Å². The fourth-order valence-corrected chi connectivity index (χ4v) is 1.99. The zero-order valence-electron chi connectivity index (χ0n) is 13.8. The molecule has 0 bridgehead atoms. The van der Waals surface area contributed by atoms with E-state index >= 15 is 0 Å². The lowest BCUT2D eigenvalue weighted by atomic mass is 10.2. The molecule has 0 atom stereocenters. The number of nitrogens with zero attached hydrogens (tertiary/aromatic N) is 1. The number of hydrogen-bond acceptors (Lipinski definition) is 5. The Kier molecular flexibility index (Phi) is 5.78. The second kappa shape index (κ2) is 8.01. The number of amides is 1. The maximum atomic E-state index is 12.0. The summed E-state index contributed by atoms with van der Waals surface area (Å²) in [7, 11) is 1.57. The zero-order chi connectivity index (χ0) is 17.5. The van der Waals surface area contributed by atoms with E-state index in [0.29, 0.717) is 22.6 Å². The summed E-state index contributed by atoms with van der Waals surface area (Å²) in [6, 6.07) is 11.3. The third-order valence-electron chi connectivity index (χ3n) is 3.08. The summed E-state index contributed by atoms with van der Waals surface area (Å²) in [5.41, 5.74) is 3.52. The number of ether oxygens (including phenoxy) is 2.